The number of carbonyl (C=O) groups is 2. The Balaban J connectivity index is 3.06. The molecule has 0 aromatic carbocycles. The van der Waals surface area contributed by atoms with Crippen LogP contribution in [0.3, 0.4) is 0 Å². The van der Waals surface area contributed by atoms with Gasteiger partial charge in [0.25, 0.3) is 0 Å². The first-order valence-electron chi connectivity index (χ1n) is 6.64. The molecule has 0 N–H and O–H groups in total. The fourth-order valence-electron chi connectivity index (χ4n) is 2.14. The molecule has 114 valence electrons. The Kier molecular flexibility index (Phi) is 4.78. The lowest BCUT2D eigenvalue weighted by atomic mass is 9.94. The molecule has 0 radical (unpaired) electrons. The van der Waals surface area contributed by atoms with Gasteiger partial charge in [0.15, 0.2) is 5.54 Å². The van der Waals surface area contributed by atoms with E-state index >= 15 is 0 Å². The summed E-state index contributed by atoms with van der Waals surface area (Å²) in [5, 5.41) is 0. The van der Waals surface area contributed by atoms with Crippen molar-refractivity contribution >= 4 is 12.1 Å². The van der Waals surface area contributed by atoms with Crippen molar-refractivity contribution in [2.75, 3.05) is 13.2 Å². The van der Waals surface area contributed by atoms with Crippen molar-refractivity contribution in [3.8, 4) is 0 Å². The number of hydrogen-bond donors (Lipinski definition) is 0. The monoisotopic (exact) mass is 287 g/mol. The third kappa shape index (κ3) is 3.11. The molecule has 0 aromatic heterocycles. The lowest BCUT2D eigenvalue weighted by molar-refractivity contribution is -0.152. The minimum absolute atomic E-state index is 0.163. The van der Waals surface area contributed by atoms with Crippen molar-refractivity contribution in [1.29, 1.82) is 0 Å². The molecule has 0 aliphatic carbocycles. The summed E-state index contributed by atoms with van der Waals surface area (Å²) >= 11 is 0. The molecule has 5 nitrogen and oxygen atoms in total. The lowest BCUT2D eigenvalue weighted by Crippen LogP contribution is -2.53. The minimum Gasteiger partial charge on any atom is -0.464 e. The van der Waals surface area contributed by atoms with E-state index in [-0.39, 0.29) is 25.1 Å². The Labute approximate surface area is 118 Å². The predicted octanol–water partition coefficient (Wildman–Crippen LogP) is 2.80. The van der Waals surface area contributed by atoms with E-state index in [2.05, 4.69) is 0 Å². The van der Waals surface area contributed by atoms with Crippen molar-refractivity contribution < 1.29 is 23.5 Å². The maximum atomic E-state index is 13.0. The smallest absolute Gasteiger partial charge is 0.411 e. The summed E-state index contributed by atoms with van der Waals surface area (Å²) < 4.78 is 23.3. The van der Waals surface area contributed by atoms with Crippen molar-refractivity contribution in [3.63, 3.8) is 0 Å². The molecule has 0 aromatic rings. The molecule has 1 heterocycles. The third-order valence-corrected chi connectivity index (χ3v) is 3.19. The Morgan fingerprint density at radius 2 is 2.05 bits per heavy atom. The van der Waals surface area contributed by atoms with Crippen LogP contribution in [-0.4, -0.2) is 41.3 Å². The minimum atomic E-state index is -1.44. The second-order valence-corrected chi connectivity index (χ2v) is 5.81. The van der Waals surface area contributed by atoms with Gasteiger partial charge in [-0.05, 0) is 46.6 Å². The Bertz CT molecular complexity index is 427. The van der Waals surface area contributed by atoms with Gasteiger partial charge in [0.2, 0.25) is 0 Å². The summed E-state index contributed by atoms with van der Waals surface area (Å²) in [6.07, 6.45) is 0.0108. The highest BCUT2D eigenvalue weighted by molar-refractivity contribution is 5.90. The number of esters is 1. The van der Waals surface area contributed by atoms with E-state index in [0.29, 0.717) is 6.33 Å². The van der Waals surface area contributed by atoms with Gasteiger partial charge in [0.05, 0.1) is 12.9 Å². The summed E-state index contributed by atoms with van der Waals surface area (Å²) in [6, 6.07) is 0. The van der Waals surface area contributed by atoms with Crippen LogP contribution in [0.2, 0.25) is 0 Å². The van der Waals surface area contributed by atoms with Crippen molar-refractivity contribution in [1.82, 2.24) is 4.90 Å². The van der Waals surface area contributed by atoms with Gasteiger partial charge in [-0.2, -0.15) is 0 Å². The number of nitrogens with zero attached hydrogens (tertiary/aromatic N) is 1. The maximum Gasteiger partial charge on any atom is 0.411 e. The Hall–Kier alpha value is -1.59. The number of amides is 1. The molecule has 1 fully saturated rings. The molecule has 1 atom stereocenters. The van der Waals surface area contributed by atoms with Crippen LogP contribution >= 0.6 is 0 Å². The number of carbonyl (C=O) groups excluding carboxylic acids is 2. The van der Waals surface area contributed by atoms with Crippen LogP contribution in [0.4, 0.5) is 9.18 Å². The van der Waals surface area contributed by atoms with E-state index in [4.69, 9.17) is 9.47 Å². The highest BCUT2D eigenvalue weighted by Crippen LogP contribution is 2.36. The summed E-state index contributed by atoms with van der Waals surface area (Å²) in [5.74, 6) is -0.646. The summed E-state index contributed by atoms with van der Waals surface area (Å²) in [5.41, 5.74) is -1.90. The molecule has 1 aliphatic heterocycles. The second-order valence-electron chi connectivity index (χ2n) is 5.81. The fourth-order valence-corrected chi connectivity index (χ4v) is 2.14. The number of ether oxygens (including phenoxy) is 2. The summed E-state index contributed by atoms with van der Waals surface area (Å²) in [6.45, 7) is 8.72. The molecule has 0 saturated carbocycles. The van der Waals surface area contributed by atoms with Crippen LogP contribution in [0.25, 0.3) is 0 Å². The molecule has 0 bridgehead atoms. The van der Waals surface area contributed by atoms with Gasteiger partial charge in [0, 0.05) is 6.54 Å². The molecule has 20 heavy (non-hydrogen) atoms. The average molecular weight is 287 g/mol. The largest absolute Gasteiger partial charge is 0.464 e. The summed E-state index contributed by atoms with van der Waals surface area (Å²) in [7, 11) is 0. The van der Waals surface area contributed by atoms with Crippen LogP contribution in [0.15, 0.2) is 11.9 Å². The zero-order valence-corrected chi connectivity index (χ0v) is 12.7. The Morgan fingerprint density at radius 1 is 1.45 bits per heavy atom. The molecule has 6 heteroatoms. The number of halogens is 1. The quantitative estimate of drug-likeness (QED) is 0.733. The molecule has 0 unspecified atom stereocenters. The molecule has 1 saturated heterocycles. The normalized spacial score (nSPS) is 24.9. The molecular formula is C14H22FNO4. The van der Waals surface area contributed by atoms with Crippen LogP contribution in [0.1, 0.15) is 41.0 Å². The van der Waals surface area contributed by atoms with Gasteiger partial charge in [-0.1, -0.05) is 0 Å². The predicted molar refractivity (Wildman–Crippen MR) is 71.8 cm³/mol. The zero-order chi connectivity index (χ0) is 15.6. The first kappa shape index (κ1) is 16.5. The van der Waals surface area contributed by atoms with Crippen molar-refractivity contribution in [3.05, 3.63) is 11.9 Å². The van der Waals surface area contributed by atoms with Gasteiger partial charge in [-0.3, -0.25) is 4.90 Å². The maximum absolute atomic E-state index is 13.0. The molecule has 0 spiro atoms. The van der Waals surface area contributed by atoms with Gasteiger partial charge >= 0.3 is 12.1 Å². The summed E-state index contributed by atoms with van der Waals surface area (Å²) in [4.78, 5) is 25.6. The van der Waals surface area contributed by atoms with Crippen molar-refractivity contribution in [2.45, 2.75) is 52.2 Å². The van der Waals surface area contributed by atoms with Gasteiger partial charge in [-0.25, -0.2) is 14.0 Å². The van der Waals surface area contributed by atoms with E-state index in [1.54, 1.807) is 27.7 Å². The van der Waals surface area contributed by atoms with Gasteiger partial charge in [-0.15, -0.1) is 0 Å². The zero-order valence-electron chi connectivity index (χ0n) is 12.7. The van der Waals surface area contributed by atoms with Crippen molar-refractivity contribution in [2.24, 2.45) is 0 Å². The Morgan fingerprint density at radius 3 is 2.50 bits per heavy atom. The lowest BCUT2D eigenvalue weighted by Gasteiger charge is -2.34. The van der Waals surface area contributed by atoms with Crippen LogP contribution in [0.5, 0.6) is 0 Å². The number of rotatable bonds is 2. The first-order valence-corrected chi connectivity index (χ1v) is 6.64. The standard InChI is InChI=1S/C14H22FNO4/c1-6-19-11(17)14(5)10(9-15)7-8-16(14)12(18)20-13(2,3)4/h9H,6-8H2,1-5H3/b10-9+/t14-/m1/s1. The first-order chi connectivity index (χ1) is 9.16. The average Bonchev–Trinajstić information content (AvgIpc) is 2.65. The SMILES string of the molecule is CCOC(=O)[C@@]1(C)/C(=C/F)CCN1C(=O)OC(C)(C)C. The fraction of sp³-hybridized carbons (Fsp3) is 0.714. The van der Waals surface area contributed by atoms with E-state index in [9.17, 15) is 14.0 Å². The van der Waals surface area contributed by atoms with Crippen LogP contribution in [0, 0.1) is 0 Å². The van der Waals surface area contributed by atoms with Gasteiger partial charge in [0.1, 0.15) is 5.60 Å². The topological polar surface area (TPSA) is 55.8 Å². The van der Waals surface area contributed by atoms with E-state index in [1.165, 1.54) is 11.8 Å². The second kappa shape index (κ2) is 5.81. The van der Waals surface area contributed by atoms with Crippen LogP contribution < -0.4 is 0 Å². The third-order valence-electron chi connectivity index (χ3n) is 3.19. The van der Waals surface area contributed by atoms with E-state index < -0.39 is 23.2 Å². The van der Waals surface area contributed by atoms with E-state index in [1.807, 2.05) is 0 Å². The highest BCUT2D eigenvalue weighted by atomic mass is 19.1. The van der Waals surface area contributed by atoms with Crippen LogP contribution in [-0.2, 0) is 14.3 Å². The number of hydrogen-bond acceptors (Lipinski definition) is 4. The van der Waals surface area contributed by atoms with E-state index in [0.717, 1.165) is 0 Å². The molecular weight excluding hydrogens is 265 g/mol. The van der Waals surface area contributed by atoms with Gasteiger partial charge < -0.3 is 9.47 Å². The molecule has 1 rings (SSSR count). The highest BCUT2D eigenvalue weighted by Gasteiger charge is 2.52. The number of likely N-dealkylation sites (tertiary alicyclic amines) is 1. The molecule has 1 aliphatic rings. The molecule has 1 amide bonds.